The minimum absolute atomic E-state index is 0.0471. The number of amides is 1. The highest BCUT2D eigenvalue weighted by Gasteiger charge is 2.47. The number of likely N-dealkylation sites (tertiary alicyclic amines) is 1. The third-order valence-corrected chi connectivity index (χ3v) is 5.13. The number of carbonyl (C=O) groups is 2. The highest BCUT2D eigenvalue weighted by Crippen LogP contribution is 2.42. The van der Waals surface area contributed by atoms with Crippen LogP contribution in [-0.2, 0) is 9.59 Å². The van der Waals surface area contributed by atoms with Crippen molar-refractivity contribution >= 4 is 17.4 Å². The molecule has 1 fully saturated rings. The molecule has 0 spiro atoms. The summed E-state index contributed by atoms with van der Waals surface area (Å²) < 4.78 is 5.49. The molecule has 154 valence electrons. The first-order valence-corrected chi connectivity index (χ1v) is 9.35. The van der Waals surface area contributed by atoms with Gasteiger partial charge in [-0.25, -0.2) is 0 Å². The first-order valence-electron chi connectivity index (χ1n) is 9.35. The van der Waals surface area contributed by atoms with E-state index in [0.717, 1.165) is 0 Å². The largest absolute Gasteiger partial charge is 0.507 e. The molecule has 3 rings (SSSR count). The second-order valence-corrected chi connectivity index (χ2v) is 7.35. The van der Waals surface area contributed by atoms with Crippen LogP contribution in [0.1, 0.15) is 28.6 Å². The molecule has 2 aromatic rings. The molecule has 1 atom stereocenters. The molecule has 0 saturated carbocycles. The quantitative estimate of drug-likeness (QED) is 0.439. The number of aromatic nitrogens is 2. The van der Waals surface area contributed by atoms with Crippen LogP contribution in [0.3, 0.4) is 0 Å². The number of aliphatic hydroxyl groups excluding tert-OH is 1. The minimum atomic E-state index is -0.750. The number of aromatic amines is 1. The van der Waals surface area contributed by atoms with Gasteiger partial charge in [-0.05, 0) is 34.0 Å². The fourth-order valence-electron chi connectivity index (χ4n) is 3.67. The van der Waals surface area contributed by atoms with Gasteiger partial charge >= 0.3 is 0 Å². The number of para-hydroxylation sites is 1. The van der Waals surface area contributed by atoms with Gasteiger partial charge in [0.2, 0.25) is 0 Å². The first-order chi connectivity index (χ1) is 13.8. The van der Waals surface area contributed by atoms with Crippen LogP contribution in [0.25, 0.3) is 5.76 Å². The number of ether oxygens (including phenoxy) is 1. The summed E-state index contributed by atoms with van der Waals surface area (Å²) in [5, 5.41) is 18.0. The first kappa shape index (κ1) is 20.6. The average molecular weight is 398 g/mol. The van der Waals surface area contributed by atoms with Crippen LogP contribution < -0.4 is 4.74 Å². The van der Waals surface area contributed by atoms with E-state index in [-0.39, 0.29) is 11.3 Å². The summed E-state index contributed by atoms with van der Waals surface area (Å²) in [7, 11) is 5.33. The minimum Gasteiger partial charge on any atom is -0.507 e. The molecule has 0 unspecified atom stereocenters. The van der Waals surface area contributed by atoms with Gasteiger partial charge < -0.3 is 19.6 Å². The highest BCUT2D eigenvalue weighted by molar-refractivity contribution is 6.46. The Morgan fingerprint density at radius 3 is 2.55 bits per heavy atom. The number of H-pyrrole nitrogens is 1. The second kappa shape index (κ2) is 8.08. The molecule has 2 heterocycles. The lowest BCUT2D eigenvalue weighted by Gasteiger charge is -2.27. The molecule has 8 heteroatoms. The van der Waals surface area contributed by atoms with Gasteiger partial charge in [0.05, 0.1) is 30.0 Å². The van der Waals surface area contributed by atoms with Crippen molar-refractivity contribution in [1.82, 2.24) is 20.0 Å². The Labute approximate surface area is 169 Å². The predicted octanol–water partition coefficient (Wildman–Crippen LogP) is 2.02. The number of methoxy groups -OCH3 is 1. The van der Waals surface area contributed by atoms with Crippen molar-refractivity contribution in [3.8, 4) is 5.75 Å². The lowest BCUT2D eigenvalue weighted by molar-refractivity contribution is -0.140. The van der Waals surface area contributed by atoms with Crippen molar-refractivity contribution < 1.29 is 19.4 Å². The molecule has 29 heavy (non-hydrogen) atoms. The number of carbonyl (C=O) groups excluding carboxylic acids is 2. The van der Waals surface area contributed by atoms with Crippen molar-refractivity contribution in [2.24, 2.45) is 0 Å². The molecule has 0 aliphatic carbocycles. The Bertz CT molecular complexity index is 957. The number of hydrogen-bond donors (Lipinski definition) is 2. The molecule has 1 aromatic heterocycles. The molecular formula is C21H26N4O4. The zero-order chi connectivity index (χ0) is 21.3. The van der Waals surface area contributed by atoms with Gasteiger partial charge in [-0.3, -0.25) is 14.7 Å². The van der Waals surface area contributed by atoms with Crippen LogP contribution in [0.2, 0.25) is 0 Å². The van der Waals surface area contributed by atoms with E-state index >= 15 is 0 Å². The van der Waals surface area contributed by atoms with Crippen molar-refractivity contribution in [3.05, 3.63) is 52.4 Å². The number of likely N-dealkylation sites (N-methyl/N-ethyl adjacent to an activating group) is 1. The number of aryl methyl sites for hydroxylation is 2. The molecule has 1 saturated heterocycles. The summed E-state index contributed by atoms with van der Waals surface area (Å²) in [5.41, 5.74) is 2.31. The van der Waals surface area contributed by atoms with Gasteiger partial charge in [0.15, 0.2) is 0 Å². The van der Waals surface area contributed by atoms with Crippen LogP contribution in [0.15, 0.2) is 29.8 Å². The van der Waals surface area contributed by atoms with E-state index in [0.29, 0.717) is 41.4 Å². The van der Waals surface area contributed by atoms with E-state index in [1.807, 2.05) is 31.1 Å². The summed E-state index contributed by atoms with van der Waals surface area (Å²) in [6, 6.07) is 6.47. The van der Waals surface area contributed by atoms with Crippen LogP contribution >= 0.6 is 0 Å². The number of hydrogen-bond acceptors (Lipinski definition) is 6. The summed E-state index contributed by atoms with van der Waals surface area (Å²) in [4.78, 5) is 29.3. The van der Waals surface area contributed by atoms with E-state index in [1.165, 1.54) is 12.0 Å². The third kappa shape index (κ3) is 3.63. The van der Waals surface area contributed by atoms with E-state index in [9.17, 15) is 14.7 Å². The molecule has 0 radical (unpaired) electrons. The van der Waals surface area contributed by atoms with Crippen molar-refractivity contribution in [1.29, 1.82) is 0 Å². The lowest BCUT2D eigenvalue weighted by Crippen LogP contribution is -2.35. The number of nitrogens with one attached hydrogen (secondary N) is 1. The smallest absolute Gasteiger partial charge is 0.295 e. The van der Waals surface area contributed by atoms with E-state index in [2.05, 4.69) is 10.2 Å². The van der Waals surface area contributed by atoms with E-state index in [1.54, 1.807) is 26.0 Å². The zero-order valence-corrected chi connectivity index (χ0v) is 17.3. The molecule has 1 aromatic carbocycles. The fourth-order valence-corrected chi connectivity index (χ4v) is 3.67. The Balaban J connectivity index is 2.23. The SMILES string of the molecule is COc1ccccc1[C@H]1C(=C(O)c2c(C)n[nH]c2C)C(=O)C(=O)N1CCN(C)C. The number of aliphatic hydroxyl groups is 1. The predicted molar refractivity (Wildman–Crippen MR) is 109 cm³/mol. The van der Waals surface area contributed by atoms with Gasteiger partial charge in [-0.15, -0.1) is 0 Å². The number of nitrogens with zero attached hydrogens (tertiary/aromatic N) is 3. The molecule has 1 amide bonds. The van der Waals surface area contributed by atoms with Gasteiger partial charge in [0, 0.05) is 24.3 Å². The maximum Gasteiger partial charge on any atom is 0.295 e. The molecule has 2 N–H and O–H groups in total. The normalized spacial score (nSPS) is 18.7. The molecule has 0 bridgehead atoms. The van der Waals surface area contributed by atoms with Crippen LogP contribution in [0.5, 0.6) is 5.75 Å². The van der Waals surface area contributed by atoms with Crippen LogP contribution in [0, 0.1) is 13.8 Å². The lowest BCUT2D eigenvalue weighted by atomic mass is 9.94. The fraction of sp³-hybridized carbons (Fsp3) is 0.381. The van der Waals surface area contributed by atoms with E-state index in [4.69, 9.17) is 4.74 Å². The standard InChI is InChI=1S/C21H26N4O4/c1-12-16(13(2)23-22-12)19(26)17-18(14-8-6-7-9-15(14)29-5)25(11-10-24(3)4)21(28)20(17)27/h6-9,18,26H,10-11H2,1-5H3,(H,22,23)/t18-/m0/s1. The number of benzene rings is 1. The number of rotatable bonds is 6. The van der Waals surface area contributed by atoms with Crippen molar-refractivity contribution in [2.75, 3.05) is 34.3 Å². The Hall–Kier alpha value is -3.13. The maximum absolute atomic E-state index is 13.0. The number of ketones is 1. The Kier molecular flexibility index (Phi) is 5.74. The topological polar surface area (TPSA) is 98.8 Å². The van der Waals surface area contributed by atoms with Crippen molar-refractivity contribution in [3.63, 3.8) is 0 Å². The number of Topliss-reactive ketones (excluding diaryl/α,β-unsaturated/α-hetero) is 1. The zero-order valence-electron chi connectivity index (χ0n) is 17.3. The summed E-state index contributed by atoms with van der Waals surface area (Å²) in [6.45, 7) is 4.40. The molecule has 1 aliphatic heterocycles. The third-order valence-electron chi connectivity index (χ3n) is 5.13. The summed E-state index contributed by atoms with van der Waals surface area (Å²) in [6.07, 6.45) is 0. The Morgan fingerprint density at radius 2 is 1.97 bits per heavy atom. The highest BCUT2D eigenvalue weighted by atomic mass is 16.5. The molecular weight excluding hydrogens is 372 g/mol. The van der Waals surface area contributed by atoms with Crippen molar-refractivity contribution in [2.45, 2.75) is 19.9 Å². The summed E-state index contributed by atoms with van der Waals surface area (Å²) >= 11 is 0. The molecule has 1 aliphatic rings. The van der Waals surface area contributed by atoms with Crippen LogP contribution in [0.4, 0.5) is 0 Å². The second-order valence-electron chi connectivity index (χ2n) is 7.35. The van der Waals surface area contributed by atoms with Crippen LogP contribution in [-0.4, -0.2) is 71.1 Å². The summed E-state index contributed by atoms with van der Waals surface area (Å²) in [5.74, 6) is -1.03. The van der Waals surface area contributed by atoms with Gasteiger partial charge in [-0.1, -0.05) is 18.2 Å². The Morgan fingerprint density at radius 1 is 1.28 bits per heavy atom. The van der Waals surface area contributed by atoms with Gasteiger partial charge in [0.25, 0.3) is 11.7 Å². The van der Waals surface area contributed by atoms with Gasteiger partial charge in [0.1, 0.15) is 11.5 Å². The van der Waals surface area contributed by atoms with E-state index < -0.39 is 17.7 Å². The monoisotopic (exact) mass is 398 g/mol. The average Bonchev–Trinajstić information content (AvgIpc) is 3.16. The van der Waals surface area contributed by atoms with Gasteiger partial charge in [-0.2, -0.15) is 5.10 Å². The maximum atomic E-state index is 13.0. The molecule has 8 nitrogen and oxygen atoms in total.